The Morgan fingerprint density at radius 1 is 1.24 bits per heavy atom. The highest BCUT2D eigenvalue weighted by Gasteiger charge is 2.30. The summed E-state index contributed by atoms with van der Waals surface area (Å²) >= 11 is 12.0. The molecule has 158 valence electrons. The Bertz CT molecular complexity index is 777. The van der Waals surface area contributed by atoms with E-state index in [1.165, 1.54) is 17.5 Å². The molecule has 1 atom stereocenters. The number of hydrogen-bond acceptors (Lipinski definition) is 4. The number of anilines is 1. The predicted octanol–water partition coefficient (Wildman–Crippen LogP) is 3.46. The van der Waals surface area contributed by atoms with Crippen LogP contribution < -0.4 is 21.4 Å². The molecule has 1 unspecified atom stereocenters. The van der Waals surface area contributed by atoms with Gasteiger partial charge in [0.15, 0.2) is 10.0 Å². The lowest BCUT2D eigenvalue weighted by Gasteiger charge is -2.27. The van der Waals surface area contributed by atoms with E-state index in [0.29, 0.717) is 5.56 Å². The summed E-state index contributed by atoms with van der Waals surface area (Å²) in [5.74, 6) is -0.303. The zero-order valence-corrected chi connectivity index (χ0v) is 18.6. The zero-order valence-electron chi connectivity index (χ0n) is 17.1. The lowest BCUT2D eigenvalue weighted by atomic mass is 10.2. The predicted molar refractivity (Wildman–Crippen MR) is 120 cm³/mol. The molecule has 6 nitrogen and oxygen atoms in total. The molecule has 0 heterocycles. The standard InChI is InChI=1S/C13H17Cl2N3O2.C8H11N/c1-4-16-12(13(2,14)15)17-11(19)9-6-5-7-10(8-9)18-20-3;1-7-3-5-8(9-2)6-4-7/h4-8,12,16,18H,1H2,2-3H3,(H,17,19);3-6,9H,1-2H3/p+1. The molecule has 0 radical (unpaired) electrons. The first-order valence-corrected chi connectivity index (χ1v) is 9.73. The number of benzene rings is 2. The van der Waals surface area contributed by atoms with Crippen molar-refractivity contribution < 1.29 is 15.1 Å². The van der Waals surface area contributed by atoms with Crippen molar-refractivity contribution in [3.63, 3.8) is 0 Å². The summed E-state index contributed by atoms with van der Waals surface area (Å²) in [4.78, 5) is 17.1. The number of amides is 1. The maximum Gasteiger partial charge on any atom is 0.253 e. The van der Waals surface area contributed by atoms with Crippen molar-refractivity contribution >= 4 is 40.5 Å². The Labute approximate surface area is 182 Å². The summed E-state index contributed by atoms with van der Waals surface area (Å²) in [6.45, 7) is 7.19. The van der Waals surface area contributed by atoms with Crippen LogP contribution in [0.3, 0.4) is 0 Å². The fourth-order valence-electron chi connectivity index (χ4n) is 2.26. The molecule has 0 fully saturated rings. The van der Waals surface area contributed by atoms with Gasteiger partial charge in [-0.3, -0.25) is 4.79 Å². The highest BCUT2D eigenvalue weighted by atomic mass is 35.5. The quantitative estimate of drug-likeness (QED) is 0.219. The molecule has 8 heteroatoms. The second-order valence-corrected chi connectivity index (χ2v) is 8.09. The summed E-state index contributed by atoms with van der Waals surface area (Å²) in [5, 5.41) is 8.56. The third-order valence-corrected chi connectivity index (χ3v) is 4.25. The maximum atomic E-state index is 12.2. The lowest BCUT2D eigenvalue weighted by molar-refractivity contribution is -0.830. The minimum Gasteiger partial charge on any atom is -0.388 e. The van der Waals surface area contributed by atoms with Gasteiger partial charge in [0, 0.05) is 30.4 Å². The van der Waals surface area contributed by atoms with Crippen molar-refractivity contribution in [2.75, 3.05) is 19.5 Å². The van der Waals surface area contributed by atoms with Gasteiger partial charge in [-0.2, -0.15) is 5.48 Å². The molecule has 0 aliphatic heterocycles. The molecule has 5 N–H and O–H groups in total. The van der Waals surface area contributed by atoms with Crippen LogP contribution in [0.4, 0.5) is 11.4 Å². The number of nitrogens with two attached hydrogens (primary N) is 1. The summed E-state index contributed by atoms with van der Waals surface area (Å²) in [7, 11) is 3.47. The van der Waals surface area contributed by atoms with Crippen LogP contribution in [0.15, 0.2) is 61.3 Å². The van der Waals surface area contributed by atoms with Gasteiger partial charge < -0.3 is 16.0 Å². The Hall–Kier alpha value is -2.25. The Kier molecular flexibility index (Phi) is 10.5. The number of rotatable bonds is 8. The van der Waals surface area contributed by atoms with Gasteiger partial charge in [0.2, 0.25) is 0 Å². The zero-order chi connectivity index (χ0) is 21.9. The number of carbonyl (C=O) groups excluding carboxylic acids is 1. The van der Waals surface area contributed by atoms with Crippen LogP contribution in [0.5, 0.6) is 0 Å². The number of alkyl halides is 2. The molecule has 0 bridgehead atoms. The summed E-state index contributed by atoms with van der Waals surface area (Å²) < 4.78 is -1.18. The van der Waals surface area contributed by atoms with Crippen LogP contribution >= 0.6 is 23.2 Å². The molecule has 2 aromatic rings. The molecule has 29 heavy (non-hydrogen) atoms. The van der Waals surface area contributed by atoms with E-state index in [1.54, 1.807) is 37.7 Å². The molecule has 0 spiro atoms. The fraction of sp³-hybridized carbons (Fsp3) is 0.286. The maximum absolute atomic E-state index is 12.2. The number of nitrogens with one attached hydrogen (secondary N) is 3. The summed E-state index contributed by atoms with van der Waals surface area (Å²) in [6.07, 6.45) is 0.759. The van der Waals surface area contributed by atoms with Gasteiger partial charge in [-0.05, 0) is 38.2 Å². The average Bonchev–Trinajstić information content (AvgIpc) is 2.68. The molecule has 0 saturated heterocycles. The monoisotopic (exact) mass is 439 g/mol. The van der Waals surface area contributed by atoms with Crippen molar-refractivity contribution in [2.45, 2.75) is 24.3 Å². The van der Waals surface area contributed by atoms with Crippen LogP contribution in [0.25, 0.3) is 0 Å². The SMILES string of the molecule is C=CNC(NC(=O)c1cccc([NH2+]OC)c1)C(C)(Cl)Cl.CNc1ccc(C)cc1. The van der Waals surface area contributed by atoms with Gasteiger partial charge >= 0.3 is 0 Å². The molecule has 0 saturated carbocycles. The van der Waals surface area contributed by atoms with Crippen molar-refractivity contribution in [3.05, 3.63) is 72.4 Å². The second-order valence-electron chi connectivity index (χ2n) is 6.33. The van der Waals surface area contributed by atoms with E-state index in [1.807, 2.05) is 13.1 Å². The first kappa shape index (κ1) is 24.8. The molecule has 2 aromatic carbocycles. The fourth-order valence-corrected chi connectivity index (χ4v) is 2.49. The van der Waals surface area contributed by atoms with Crippen LogP contribution in [0.2, 0.25) is 0 Å². The van der Waals surface area contributed by atoms with E-state index >= 15 is 0 Å². The highest BCUT2D eigenvalue weighted by molar-refractivity contribution is 6.48. The Morgan fingerprint density at radius 2 is 1.90 bits per heavy atom. The second kappa shape index (κ2) is 12.3. The largest absolute Gasteiger partial charge is 0.388 e. The van der Waals surface area contributed by atoms with Crippen LogP contribution in [0.1, 0.15) is 22.8 Å². The molecule has 0 aliphatic carbocycles. The van der Waals surface area contributed by atoms with Crippen molar-refractivity contribution in [2.24, 2.45) is 0 Å². The van der Waals surface area contributed by atoms with Crippen LogP contribution in [-0.2, 0) is 4.84 Å². The van der Waals surface area contributed by atoms with Gasteiger partial charge in [-0.1, -0.05) is 53.5 Å². The molecule has 2 rings (SSSR count). The van der Waals surface area contributed by atoms with E-state index in [4.69, 9.17) is 28.0 Å². The third kappa shape index (κ3) is 9.19. The Balaban J connectivity index is 0.000000387. The van der Waals surface area contributed by atoms with E-state index in [9.17, 15) is 4.79 Å². The highest BCUT2D eigenvalue weighted by Crippen LogP contribution is 2.23. The topological polar surface area (TPSA) is 79.0 Å². The number of aryl methyl sites for hydroxylation is 1. The molecule has 0 aliphatic rings. The smallest absolute Gasteiger partial charge is 0.253 e. The number of carbonyl (C=O) groups is 1. The van der Waals surface area contributed by atoms with Gasteiger partial charge in [0.25, 0.3) is 5.91 Å². The molecular weight excluding hydrogens is 411 g/mol. The Morgan fingerprint density at radius 3 is 2.41 bits per heavy atom. The van der Waals surface area contributed by atoms with Crippen molar-refractivity contribution in [3.8, 4) is 0 Å². The van der Waals surface area contributed by atoms with E-state index in [2.05, 4.69) is 53.7 Å². The van der Waals surface area contributed by atoms with Gasteiger partial charge in [-0.15, -0.1) is 0 Å². The lowest BCUT2D eigenvalue weighted by Crippen LogP contribution is -2.75. The minimum absolute atomic E-state index is 0.303. The number of halogens is 2. The van der Waals surface area contributed by atoms with Crippen molar-refractivity contribution in [1.82, 2.24) is 10.6 Å². The molecule has 1 amide bonds. The summed E-state index contributed by atoms with van der Waals surface area (Å²) in [5.41, 5.74) is 5.27. The van der Waals surface area contributed by atoms with Crippen molar-refractivity contribution in [1.29, 1.82) is 0 Å². The first-order chi connectivity index (χ1) is 13.7. The first-order valence-electron chi connectivity index (χ1n) is 8.97. The normalized spacial score (nSPS) is 11.5. The van der Waals surface area contributed by atoms with E-state index in [0.717, 1.165) is 5.69 Å². The average molecular weight is 440 g/mol. The van der Waals surface area contributed by atoms with Gasteiger partial charge in [0.1, 0.15) is 6.17 Å². The minimum atomic E-state index is -1.18. The summed E-state index contributed by atoms with van der Waals surface area (Å²) in [6, 6.07) is 15.3. The van der Waals surface area contributed by atoms with Crippen LogP contribution in [-0.4, -0.2) is 30.6 Å². The molecular formula is C21H29Cl2N4O2+. The van der Waals surface area contributed by atoms with Crippen LogP contribution in [0, 0.1) is 6.92 Å². The number of hydrogen-bond donors (Lipinski definition) is 4. The van der Waals surface area contributed by atoms with E-state index in [-0.39, 0.29) is 5.91 Å². The van der Waals surface area contributed by atoms with Gasteiger partial charge in [0.05, 0.1) is 7.11 Å². The number of quaternary nitrogens is 1. The van der Waals surface area contributed by atoms with E-state index < -0.39 is 10.5 Å². The molecule has 0 aromatic heterocycles. The van der Waals surface area contributed by atoms with Gasteiger partial charge in [-0.25, -0.2) is 4.84 Å². The third-order valence-electron chi connectivity index (χ3n) is 3.81.